The molecule has 9 heteroatoms. The average Bonchev–Trinajstić information content (AvgIpc) is 3.32. The van der Waals surface area contributed by atoms with Crippen LogP contribution in [0.5, 0.6) is 0 Å². The maximum atomic E-state index is 4.85. The smallest absolute Gasteiger partial charge is 0.177 e. The second kappa shape index (κ2) is 7.09. The van der Waals surface area contributed by atoms with Crippen molar-refractivity contribution in [3.05, 3.63) is 47.3 Å². The minimum atomic E-state index is -0.00744. The van der Waals surface area contributed by atoms with Crippen molar-refractivity contribution in [3.63, 3.8) is 0 Å². The molecule has 4 aromatic rings. The van der Waals surface area contributed by atoms with Crippen LogP contribution in [0.15, 0.2) is 24.3 Å². The first-order chi connectivity index (χ1) is 14.4. The van der Waals surface area contributed by atoms with E-state index in [4.69, 9.17) is 5.10 Å². The third kappa shape index (κ3) is 3.43. The fourth-order valence-electron chi connectivity index (χ4n) is 4.03. The first-order valence-electron chi connectivity index (χ1n) is 10.5. The molecule has 4 aromatic heterocycles. The second-order valence-corrected chi connectivity index (χ2v) is 9.21. The first kappa shape index (κ1) is 19.0. The number of nitrogens with zero attached hydrogens (tertiary/aromatic N) is 9. The van der Waals surface area contributed by atoms with Gasteiger partial charge in [-0.2, -0.15) is 19.2 Å². The molecule has 0 aliphatic carbocycles. The molecule has 1 aliphatic heterocycles. The van der Waals surface area contributed by atoms with Gasteiger partial charge in [-0.25, -0.2) is 0 Å². The number of piperidine rings is 1. The van der Waals surface area contributed by atoms with Gasteiger partial charge in [-0.15, -0.1) is 20.4 Å². The van der Waals surface area contributed by atoms with Gasteiger partial charge in [-0.1, -0.05) is 20.8 Å². The van der Waals surface area contributed by atoms with Crippen LogP contribution in [-0.2, 0) is 12.0 Å². The number of likely N-dealkylation sites (tertiary alicyclic amines) is 1. The predicted octanol–water partition coefficient (Wildman–Crippen LogP) is 2.55. The monoisotopic (exact) mass is 405 g/mol. The molecule has 0 unspecified atom stereocenters. The van der Waals surface area contributed by atoms with Crippen LogP contribution in [0.3, 0.4) is 0 Å². The van der Waals surface area contributed by atoms with Crippen LogP contribution in [0, 0.1) is 6.92 Å². The quantitative estimate of drug-likeness (QED) is 0.517. The molecule has 0 atom stereocenters. The summed E-state index contributed by atoms with van der Waals surface area (Å²) in [7, 11) is 0. The molecule has 156 valence electrons. The molecule has 1 saturated heterocycles. The highest BCUT2D eigenvalue weighted by Gasteiger charge is 2.27. The van der Waals surface area contributed by atoms with E-state index in [9.17, 15) is 0 Å². The number of fused-ring (bicyclic) bond motifs is 2. The van der Waals surface area contributed by atoms with Gasteiger partial charge in [0.1, 0.15) is 0 Å². The van der Waals surface area contributed by atoms with E-state index in [0.717, 1.165) is 66.8 Å². The largest absolute Gasteiger partial charge is 0.296 e. The zero-order chi connectivity index (χ0) is 20.9. The summed E-state index contributed by atoms with van der Waals surface area (Å²) < 4.78 is 3.80. The number of aromatic nitrogens is 8. The Morgan fingerprint density at radius 2 is 1.57 bits per heavy atom. The topological polar surface area (TPSA) is 89.4 Å². The summed E-state index contributed by atoms with van der Waals surface area (Å²) in [4.78, 5) is 2.41. The van der Waals surface area contributed by atoms with Gasteiger partial charge >= 0.3 is 0 Å². The lowest BCUT2D eigenvalue weighted by Gasteiger charge is -2.30. The Bertz CT molecular complexity index is 1190. The van der Waals surface area contributed by atoms with Crippen molar-refractivity contribution in [2.24, 2.45) is 0 Å². The highest BCUT2D eigenvalue weighted by Crippen LogP contribution is 2.28. The Morgan fingerprint density at radius 1 is 0.867 bits per heavy atom. The summed E-state index contributed by atoms with van der Waals surface area (Å²) in [6.07, 6.45) is 2.04. The minimum absolute atomic E-state index is 0.00744. The molecule has 30 heavy (non-hydrogen) atoms. The molecular formula is C21H27N9. The zero-order valence-corrected chi connectivity index (χ0v) is 17.9. The highest BCUT2D eigenvalue weighted by atomic mass is 15.4. The molecule has 0 N–H and O–H groups in total. The van der Waals surface area contributed by atoms with Gasteiger partial charge in [-0.05, 0) is 57.1 Å². The van der Waals surface area contributed by atoms with Gasteiger partial charge in [0, 0.05) is 11.3 Å². The minimum Gasteiger partial charge on any atom is -0.296 e. The molecular weight excluding hydrogens is 378 g/mol. The lowest BCUT2D eigenvalue weighted by Crippen LogP contribution is -2.34. The van der Waals surface area contributed by atoms with Crippen LogP contribution < -0.4 is 0 Å². The molecule has 9 nitrogen and oxygen atoms in total. The van der Waals surface area contributed by atoms with E-state index in [0.29, 0.717) is 5.92 Å². The normalized spacial score (nSPS) is 16.7. The van der Waals surface area contributed by atoms with E-state index in [-0.39, 0.29) is 5.41 Å². The third-order valence-electron chi connectivity index (χ3n) is 5.83. The fraction of sp³-hybridized carbons (Fsp3) is 0.524. The number of rotatable bonds is 3. The Balaban J connectivity index is 1.32. The highest BCUT2D eigenvalue weighted by molar-refractivity contribution is 5.38. The molecule has 0 spiro atoms. The van der Waals surface area contributed by atoms with Crippen molar-refractivity contribution in [1.29, 1.82) is 0 Å². The fourth-order valence-corrected chi connectivity index (χ4v) is 4.03. The van der Waals surface area contributed by atoms with Crippen LogP contribution >= 0.6 is 0 Å². The van der Waals surface area contributed by atoms with Crippen LogP contribution in [-0.4, -0.2) is 57.6 Å². The molecule has 0 saturated carbocycles. The number of hydrogen-bond donors (Lipinski definition) is 0. The van der Waals surface area contributed by atoms with Gasteiger partial charge in [0.25, 0.3) is 0 Å². The molecule has 5 rings (SSSR count). The Kier molecular flexibility index (Phi) is 4.50. The lowest BCUT2D eigenvalue weighted by molar-refractivity contribution is 0.195. The molecule has 1 fully saturated rings. The zero-order valence-electron chi connectivity index (χ0n) is 17.9. The molecule has 5 heterocycles. The van der Waals surface area contributed by atoms with Crippen molar-refractivity contribution in [1.82, 2.24) is 44.5 Å². The molecule has 0 aromatic carbocycles. The van der Waals surface area contributed by atoms with Gasteiger partial charge in [0.05, 0.1) is 17.9 Å². The third-order valence-corrected chi connectivity index (χ3v) is 5.83. The van der Waals surface area contributed by atoms with E-state index in [1.807, 2.05) is 34.2 Å². The molecule has 0 bridgehead atoms. The van der Waals surface area contributed by atoms with Crippen LogP contribution in [0.2, 0.25) is 0 Å². The van der Waals surface area contributed by atoms with Crippen molar-refractivity contribution >= 4 is 11.3 Å². The van der Waals surface area contributed by atoms with E-state index >= 15 is 0 Å². The molecule has 0 amide bonds. The van der Waals surface area contributed by atoms with Gasteiger partial charge in [0.15, 0.2) is 22.9 Å². The van der Waals surface area contributed by atoms with E-state index in [1.54, 1.807) is 0 Å². The summed E-state index contributed by atoms with van der Waals surface area (Å²) in [5.74, 6) is 2.21. The van der Waals surface area contributed by atoms with Crippen molar-refractivity contribution < 1.29 is 0 Å². The summed E-state index contributed by atoms with van der Waals surface area (Å²) in [6.45, 7) is 11.2. The van der Waals surface area contributed by atoms with Crippen LogP contribution in [0.25, 0.3) is 11.3 Å². The lowest BCUT2D eigenvalue weighted by atomic mass is 9.92. The average molecular weight is 406 g/mol. The van der Waals surface area contributed by atoms with Crippen LogP contribution in [0.4, 0.5) is 0 Å². The number of aryl methyl sites for hydroxylation is 1. The van der Waals surface area contributed by atoms with Crippen molar-refractivity contribution in [2.45, 2.75) is 58.4 Å². The molecule has 0 radical (unpaired) electrons. The standard InChI is InChI=1S/C21H27N9/c1-14-5-7-17-22-24-19(29(17)26-14)13-28-11-9-15(10-12-28)20-25-23-18-8-6-16(21(2,3)4)27-30(18)20/h5-8,15H,9-13H2,1-4H3. The van der Waals surface area contributed by atoms with E-state index < -0.39 is 0 Å². The van der Waals surface area contributed by atoms with Crippen LogP contribution in [0.1, 0.15) is 62.6 Å². The number of hydrogen-bond acceptors (Lipinski definition) is 7. The Labute approximate surface area is 175 Å². The Morgan fingerprint density at radius 3 is 2.33 bits per heavy atom. The Hall–Kier alpha value is -2.94. The van der Waals surface area contributed by atoms with Gasteiger partial charge in [0.2, 0.25) is 0 Å². The summed E-state index contributed by atoms with van der Waals surface area (Å²) in [5.41, 5.74) is 3.61. The van der Waals surface area contributed by atoms with E-state index in [1.165, 1.54) is 0 Å². The van der Waals surface area contributed by atoms with Gasteiger partial charge in [-0.3, -0.25) is 4.90 Å². The maximum Gasteiger partial charge on any atom is 0.177 e. The first-order valence-corrected chi connectivity index (χ1v) is 10.5. The second-order valence-electron chi connectivity index (χ2n) is 9.21. The summed E-state index contributed by atoms with van der Waals surface area (Å²) >= 11 is 0. The predicted molar refractivity (Wildman–Crippen MR) is 112 cm³/mol. The maximum absolute atomic E-state index is 4.85. The van der Waals surface area contributed by atoms with E-state index in [2.05, 4.69) is 57.2 Å². The molecule has 1 aliphatic rings. The summed E-state index contributed by atoms with van der Waals surface area (Å²) in [5, 5.41) is 26.8. The van der Waals surface area contributed by atoms with Crippen molar-refractivity contribution in [2.75, 3.05) is 13.1 Å². The van der Waals surface area contributed by atoms with Crippen molar-refractivity contribution in [3.8, 4) is 0 Å². The SMILES string of the molecule is Cc1ccc2nnc(CN3CCC(c4nnc5ccc(C(C)(C)C)nn45)CC3)n2n1. The summed E-state index contributed by atoms with van der Waals surface area (Å²) in [6, 6.07) is 7.99. The van der Waals surface area contributed by atoms with Gasteiger partial charge < -0.3 is 0 Å².